The first-order valence-corrected chi connectivity index (χ1v) is 17.7. The van der Waals surface area contributed by atoms with Gasteiger partial charge in [0.25, 0.3) is 5.91 Å². The van der Waals surface area contributed by atoms with Crippen LogP contribution in [0.3, 0.4) is 0 Å². The molecule has 9 heteroatoms. The Morgan fingerprint density at radius 3 is 1.76 bits per heavy atom. The third-order valence-electron chi connectivity index (χ3n) is 8.10. The van der Waals surface area contributed by atoms with Gasteiger partial charge in [-0.05, 0) is 72.9 Å². The molecule has 0 unspecified atom stereocenters. The molecule has 4 aromatic carbocycles. The third-order valence-corrected chi connectivity index (χ3v) is 10.3. The molecule has 0 spiro atoms. The van der Waals surface area contributed by atoms with Gasteiger partial charge < -0.3 is 16.4 Å². The maximum atomic E-state index is 13.3. The van der Waals surface area contributed by atoms with Crippen molar-refractivity contribution in [1.29, 1.82) is 0 Å². The first-order chi connectivity index (χ1) is 23.6. The molecule has 4 N–H and O–H groups in total. The molecule has 0 aliphatic carbocycles. The number of carbonyl (C=O) groups is 5. The molecule has 254 valence electrons. The van der Waals surface area contributed by atoms with Gasteiger partial charge in [-0.25, -0.2) is 0 Å². The number of hydrogen-bond donors (Lipinski definition) is 3. The Hall–Kier alpha value is -5.02. The molecule has 0 aromatic heterocycles. The molecule has 0 saturated heterocycles. The van der Waals surface area contributed by atoms with Crippen LogP contribution < -0.4 is 16.4 Å². The third kappa shape index (κ3) is 11.3. The monoisotopic (exact) mass is 678 g/mol. The van der Waals surface area contributed by atoms with Crippen molar-refractivity contribution >= 4 is 40.2 Å². The highest BCUT2D eigenvalue weighted by Gasteiger charge is 2.29. The number of primary amides is 1. The number of carbonyl (C=O) groups excluding carboxylic acids is 5. The summed E-state index contributed by atoms with van der Waals surface area (Å²) in [6.45, 7) is 3.45. The lowest BCUT2D eigenvalue weighted by Gasteiger charge is -2.21. The topological polar surface area (TPSA) is 135 Å². The highest BCUT2D eigenvalue weighted by molar-refractivity contribution is 7.97. The van der Waals surface area contributed by atoms with Crippen molar-refractivity contribution in [2.24, 2.45) is 17.6 Å². The molecule has 8 nitrogen and oxygen atoms in total. The number of rotatable bonds is 18. The number of amides is 3. The van der Waals surface area contributed by atoms with E-state index in [1.807, 2.05) is 92.7 Å². The van der Waals surface area contributed by atoms with Crippen LogP contribution in [-0.4, -0.2) is 41.9 Å². The Morgan fingerprint density at radius 1 is 0.694 bits per heavy atom. The van der Waals surface area contributed by atoms with E-state index >= 15 is 0 Å². The highest BCUT2D eigenvalue weighted by Crippen LogP contribution is 2.31. The van der Waals surface area contributed by atoms with Crippen LogP contribution in [0.2, 0.25) is 0 Å². The second-order valence-corrected chi connectivity index (χ2v) is 14.3. The summed E-state index contributed by atoms with van der Waals surface area (Å²) in [4.78, 5) is 66.9. The van der Waals surface area contributed by atoms with Crippen molar-refractivity contribution in [3.05, 3.63) is 126 Å². The van der Waals surface area contributed by atoms with Crippen LogP contribution in [0.25, 0.3) is 0 Å². The lowest BCUT2D eigenvalue weighted by molar-refractivity contribution is -0.130. The van der Waals surface area contributed by atoms with Gasteiger partial charge in [-0.15, -0.1) is 0 Å². The predicted octanol–water partition coefficient (Wildman–Crippen LogP) is 5.70. The van der Waals surface area contributed by atoms with E-state index in [1.54, 1.807) is 12.1 Å². The van der Waals surface area contributed by atoms with Crippen LogP contribution in [0.15, 0.2) is 130 Å². The molecular formula is C40H44N3O5S+. The standard InChI is InChI=1S/C40H43N3O5S/c1-28(2)38(36(45)20-12-15-32(44)26-31(39(47)42-27-37(41)46)25-29-13-6-3-7-14-29)43-40(48)30-21-23-35(24-22-30)49(33-16-8-4-9-17-33)34-18-10-5-11-19-34/h3-11,13-14,16-19,21-24,28,31,38H,12,15,20,25-27H2,1-2H3,(H3-,41,42,43,46,47,48)/p+1/t31-,38+/m1/s1. The summed E-state index contributed by atoms with van der Waals surface area (Å²) in [5, 5.41) is 5.42. The number of ketones is 2. The summed E-state index contributed by atoms with van der Waals surface area (Å²) in [5.74, 6) is -2.55. The van der Waals surface area contributed by atoms with Crippen molar-refractivity contribution < 1.29 is 24.0 Å². The second kappa shape index (κ2) is 18.5. The Morgan fingerprint density at radius 2 is 1.22 bits per heavy atom. The fraction of sp³-hybridized carbons (Fsp3) is 0.275. The number of nitrogens with two attached hydrogens (primary N) is 1. The molecule has 0 saturated carbocycles. The molecule has 0 aliphatic heterocycles. The fourth-order valence-corrected chi connectivity index (χ4v) is 7.66. The zero-order chi connectivity index (χ0) is 35.2. The molecule has 4 rings (SSSR count). The summed E-state index contributed by atoms with van der Waals surface area (Å²) in [5.41, 5.74) is 6.53. The summed E-state index contributed by atoms with van der Waals surface area (Å²) in [6, 6.07) is 36.6. The summed E-state index contributed by atoms with van der Waals surface area (Å²) in [7, 11) is -0.344. The molecule has 4 aromatic rings. The molecule has 2 atom stereocenters. The van der Waals surface area contributed by atoms with E-state index in [4.69, 9.17) is 5.73 Å². The molecule has 0 heterocycles. The van der Waals surface area contributed by atoms with Gasteiger partial charge in [0.1, 0.15) is 5.78 Å². The minimum atomic E-state index is -0.712. The lowest BCUT2D eigenvalue weighted by atomic mass is 9.91. The zero-order valence-corrected chi connectivity index (χ0v) is 28.8. The van der Waals surface area contributed by atoms with E-state index in [0.717, 1.165) is 10.5 Å². The van der Waals surface area contributed by atoms with E-state index < -0.39 is 23.8 Å². The molecule has 3 amide bonds. The SMILES string of the molecule is CC(C)[C@H](NC(=O)c1ccc([S+](c2ccccc2)c2ccccc2)cc1)C(=O)CCCC(=O)C[C@@H](Cc1ccccc1)C(=O)NCC(N)=O. The summed E-state index contributed by atoms with van der Waals surface area (Å²) in [6.07, 6.45) is 0.836. The van der Waals surface area contributed by atoms with Gasteiger partial charge in [-0.2, -0.15) is 0 Å². The first kappa shape index (κ1) is 36.8. The van der Waals surface area contributed by atoms with Crippen LogP contribution in [0.5, 0.6) is 0 Å². The minimum Gasteiger partial charge on any atom is -0.368 e. The van der Waals surface area contributed by atoms with E-state index in [0.29, 0.717) is 18.4 Å². The fourth-order valence-electron chi connectivity index (χ4n) is 5.57. The van der Waals surface area contributed by atoms with Gasteiger partial charge in [-0.1, -0.05) is 80.6 Å². The average molecular weight is 679 g/mol. The predicted molar refractivity (Wildman–Crippen MR) is 192 cm³/mol. The first-order valence-electron chi connectivity index (χ1n) is 16.5. The normalized spacial score (nSPS) is 12.2. The maximum absolute atomic E-state index is 13.3. The Balaban J connectivity index is 1.34. The quantitative estimate of drug-likeness (QED) is 0.116. The molecule has 0 fully saturated rings. The van der Waals surface area contributed by atoms with Crippen molar-refractivity contribution in [3.63, 3.8) is 0 Å². The second-order valence-electron chi connectivity index (χ2n) is 12.3. The number of nitrogens with one attached hydrogen (secondary N) is 2. The molecule has 49 heavy (non-hydrogen) atoms. The number of benzene rings is 4. The molecule has 0 bridgehead atoms. The van der Waals surface area contributed by atoms with Gasteiger partial charge in [0.2, 0.25) is 11.8 Å². The average Bonchev–Trinajstić information content (AvgIpc) is 3.10. The smallest absolute Gasteiger partial charge is 0.251 e. The largest absolute Gasteiger partial charge is 0.368 e. The van der Waals surface area contributed by atoms with E-state index in [1.165, 1.54) is 9.79 Å². The van der Waals surface area contributed by atoms with Gasteiger partial charge in [-0.3, -0.25) is 24.0 Å². The molecular weight excluding hydrogens is 635 g/mol. The maximum Gasteiger partial charge on any atom is 0.251 e. The molecule has 0 radical (unpaired) electrons. The van der Waals surface area contributed by atoms with Gasteiger partial charge in [0, 0.05) is 30.7 Å². The Bertz CT molecular complexity index is 1660. The summed E-state index contributed by atoms with van der Waals surface area (Å²) >= 11 is 0. The van der Waals surface area contributed by atoms with Crippen LogP contribution in [0, 0.1) is 11.8 Å². The van der Waals surface area contributed by atoms with Gasteiger partial charge in [0.05, 0.1) is 23.5 Å². The van der Waals surface area contributed by atoms with Crippen LogP contribution >= 0.6 is 0 Å². The number of hydrogen-bond acceptors (Lipinski definition) is 5. The Kier molecular flexibility index (Phi) is 13.9. The molecule has 0 aliphatic rings. The van der Waals surface area contributed by atoms with E-state index in [9.17, 15) is 24.0 Å². The number of Topliss-reactive ketones (excluding diaryl/α,β-unsaturated/α-hetero) is 2. The minimum absolute atomic E-state index is 0.0238. The van der Waals surface area contributed by atoms with Gasteiger partial charge >= 0.3 is 0 Å². The zero-order valence-electron chi connectivity index (χ0n) is 28.0. The van der Waals surface area contributed by atoms with Crippen molar-refractivity contribution in [1.82, 2.24) is 10.6 Å². The highest BCUT2D eigenvalue weighted by atomic mass is 32.2. The van der Waals surface area contributed by atoms with Gasteiger partial charge in [0.15, 0.2) is 20.5 Å². The lowest BCUT2D eigenvalue weighted by Crippen LogP contribution is -2.44. The summed E-state index contributed by atoms with van der Waals surface area (Å²) < 4.78 is 0. The van der Waals surface area contributed by atoms with Crippen molar-refractivity contribution in [2.45, 2.75) is 66.7 Å². The van der Waals surface area contributed by atoms with Crippen LogP contribution in [0.4, 0.5) is 0 Å². The van der Waals surface area contributed by atoms with Crippen LogP contribution in [-0.2, 0) is 36.5 Å². The van der Waals surface area contributed by atoms with Crippen molar-refractivity contribution in [3.8, 4) is 0 Å². The van der Waals surface area contributed by atoms with E-state index in [-0.39, 0.29) is 60.1 Å². The van der Waals surface area contributed by atoms with E-state index in [2.05, 4.69) is 34.9 Å². The van der Waals surface area contributed by atoms with Crippen LogP contribution in [0.1, 0.15) is 55.5 Å². The van der Waals surface area contributed by atoms with Crippen molar-refractivity contribution in [2.75, 3.05) is 6.54 Å². The Labute approximate surface area is 291 Å².